The standard InChI is InChI=1S/C12H10Cl2F2N2O/c1-2-18-11(8(14)5-17-18)12(19)6-3-10(16)7(13)4-9(6)15/h3-5,12,19H,2H2,1H3. The molecule has 102 valence electrons. The molecule has 1 unspecified atom stereocenters. The van der Waals surface area contributed by atoms with Gasteiger partial charge in [-0.1, -0.05) is 23.2 Å². The highest BCUT2D eigenvalue weighted by Crippen LogP contribution is 2.31. The molecule has 0 radical (unpaired) electrons. The number of halogens is 4. The molecule has 0 amide bonds. The lowest BCUT2D eigenvalue weighted by molar-refractivity contribution is 0.202. The zero-order chi connectivity index (χ0) is 14.2. The van der Waals surface area contributed by atoms with E-state index in [1.807, 2.05) is 0 Å². The van der Waals surface area contributed by atoms with Gasteiger partial charge in [0.05, 0.1) is 21.9 Å². The third-order valence-electron chi connectivity index (χ3n) is 2.73. The number of aliphatic hydroxyl groups is 1. The summed E-state index contributed by atoms with van der Waals surface area (Å²) in [5.74, 6) is -1.62. The maximum Gasteiger partial charge on any atom is 0.142 e. The van der Waals surface area contributed by atoms with Crippen LogP contribution >= 0.6 is 23.2 Å². The molecule has 0 saturated heterocycles. The van der Waals surface area contributed by atoms with E-state index >= 15 is 0 Å². The minimum Gasteiger partial charge on any atom is -0.382 e. The maximum absolute atomic E-state index is 13.8. The van der Waals surface area contributed by atoms with E-state index in [0.29, 0.717) is 6.54 Å². The zero-order valence-electron chi connectivity index (χ0n) is 9.87. The first-order valence-corrected chi connectivity index (χ1v) is 6.25. The number of rotatable bonds is 3. The second-order valence-corrected chi connectivity index (χ2v) is 4.70. The van der Waals surface area contributed by atoms with E-state index in [2.05, 4.69) is 5.10 Å². The minimum absolute atomic E-state index is 0.184. The van der Waals surface area contributed by atoms with Crippen LogP contribution in [-0.4, -0.2) is 14.9 Å². The van der Waals surface area contributed by atoms with Gasteiger partial charge in [-0.2, -0.15) is 5.10 Å². The van der Waals surface area contributed by atoms with E-state index < -0.39 is 17.7 Å². The molecule has 7 heteroatoms. The van der Waals surface area contributed by atoms with Crippen molar-refractivity contribution in [1.29, 1.82) is 0 Å². The molecule has 1 atom stereocenters. The fraction of sp³-hybridized carbons (Fsp3) is 0.250. The predicted molar refractivity (Wildman–Crippen MR) is 68.3 cm³/mol. The maximum atomic E-state index is 13.8. The molecule has 1 aromatic heterocycles. The Kier molecular flexibility index (Phi) is 4.08. The van der Waals surface area contributed by atoms with Crippen LogP contribution in [0.5, 0.6) is 0 Å². The molecule has 1 N–H and O–H groups in total. The van der Waals surface area contributed by atoms with Gasteiger partial charge in [-0.25, -0.2) is 8.78 Å². The molecular formula is C12H10Cl2F2N2O. The lowest BCUT2D eigenvalue weighted by Gasteiger charge is -2.14. The van der Waals surface area contributed by atoms with Crippen molar-refractivity contribution in [2.24, 2.45) is 0 Å². The molecule has 2 aromatic rings. The smallest absolute Gasteiger partial charge is 0.142 e. The van der Waals surface area contributed by atoms with Crippen LogP contribution in [0.1, 0.15) is 24.3 Å². The van der Waals surface area contributed by atoms with Gasteiger partial charge in [0.25, 0.3) is 0 Å². The van der Waals surface area contributed by atoms with Crippen LogP contribution in [0.25, 0.3) is 0 Å². The Morgan fingerprint density at radius 3 is 2.58 bits per heavy atom. The molecule has 1 aromatic carbocycles. The van der Waals surface area contributed by atoms with Crippen molar-refractivity contribution < 1.29 is 13.9 Å². The van der Waals surface area contributed by atoms with Crippen LogP contribution in [0.2, 0.25) is 10.0 Å². The Bertz CT molecular complexity index is 616. The largest absolute Gasteiger partial charge is 0.382 e. The third-order valence-corrected chi connectivity index (χ3v) is 3.31. The summed E-state index contributed by atoms with van der Waals surface area (Å²) in [4.78, 5) is 0. The van der Waals surface area contributed by atoms with Crippen molar-refractivity contribution >= 4 is 23.2 Å². The highest BCUT2D eigenvalue weighted by atomic mass is 35.5. The van der Waals surface area contributed by atoms with Crippen LogP contribution in [0, 0.1) is 11.6 Å². The highest BCUT2D eigenvalue weighted by molar-refractivity contribution is 6.31. The third kappa shape index (κ3) is 2.59. The molecule has 0 saturated carbocycles. The zero-order valence-corrected chi connectivity index (χ0v) is 11.4. The van der Waals surface area contributed by atoms with Gasteiger partial charge in [-0.3, -0.25) is 4.68 Å². The lowest BCUT2D eigenvalue weighted by atomic mass is 10.1. The second-order valence-electron chi connectivity index (χ2n) is 3.88. The first-order chi connectivity index (χ1) is 8.95. The van der Waals surface area contributed by atoms with Crippen molar-refractivity contribution in [3.05, 3.63) is 51.3 Å². The summed E-state index contributed by atoms with van der Waals surface area (Å²) < 4.78 is 28.6. The molecule has 0 aliphatic carbocycles. The number of aliphatic hydroxyl groups excluding tert-OH is 1. The van der Waals surface area contributed by atoms with Crippen molar-refractivity contribution in [2.75, 3.05) is 0 Å². The van der Waals surface area contributed by atoms with E-state index in [1.54, 1.807) is 6.92 Å². The van der Waals surface area contributed by atoms with Gasteiger partial charge in [0.1, 0.15) is 17.7 Å². The number of aryl methyl sites for hydroxylation is 1. The highest BCUT2D eigenvalue weighted by Gasteiger charge is 2.23. The van der Waals surface area contributed by atoms with Gasteiger partial charge in [-0.05, 0) is 19.1 Å². The topological polar surface area (TPSA) is 38.0 Å². The molecule has 19 heavy (non-hydrogen) atoms. The molecule has 1 heterocycles. The molecule has 0 fully saturated rings. The number of hydrogen-bond acceptors (Lipinski definition) is 2. The van der Waals surface area contributed by atoms with Crippen LogP contribution in [-0.2, 0) is 6.54 Å². The van der Waals surface area contributed by atoms with E-state index in [0.717, 1.165) is 12.1 Å². The Hall–Kier alpha value is -1.17. The number of benzene rings is 1. The summed E-state index contributed by atoms with van der Waals surface area (Å²) in [5.41, 5.74) is -0.0243. The normalized spacial score (nSPS) is 12.7. The first-order valence-electron chi connectivity index (χ1n) is 5.49. The number of nitrogens with zero attached hydrogens (tertiary/aromatic N) is 2. The van der Waals surface area contributed by atoms with Gasteiger partial charge >= 0.3 is 0 Å². The quantitative estimate of drug-likeness (QED) is 0.880. The van der Waals surface area contributed by atoms with E-state index in [4.69, 9.17) is 23.2 Å². The molecule has 2 rings (SSSR count). The van der Waals surface area contributed by atoms with E-state index in [9.17, 15) is 13.9 Å². The van der Waals surface area contributed by atoms with Gasteiger partial charge in [0.2, 0.25) is 0 Å². The van der Waals surface area contributed by atoms with E-state index in [1.165, 1.54) is 10.9 Å². The first kappa shape index (κ1) is 14.2. The Balaban J connectivity index is 2.52. The molecular weight excluding hydrogens is 297 g/mol. The lowest BCUT2D eigenvalue weighted by Crippen LogP contribution is -2.11. The van der Waals surface area contributed by atoms with Gasteiger partial charge in [-0.15, -0.1) is 0 Å². The summed E-state index contributed by atoms with van der Waals surface area (Å²) in [5, 5.41) is 13.9. The molecule has 3 nitrogen and oxygen atoms in total. The molecule has 0 aliphatic rings. The second kappa shape index (κ2) is 5.45. The van der Waals surface area contributed by atoms with Crippen LogP contribution in [0.3, 0.4) is 0 Å². The molecule has 0 bridgehead atoms. The molecule has 0 spiro atoms. The summed E-state index contributed by atoms with van der Waals surface area (Å²) in [6.07, 6.45) is -0.0740. The SMILES string of the molecule is CCn1ncc(Cl)c1C(O)c1cc(F)c(Cl)cc1F. The van der Waals surface area contributed by atoms with Crippen LogP contribution in [0.4, 0.5) is 8.78 Å². The summed E-state index contributed by atoms with van der Waals surface area (Å²) >= 11 is 11.4. The average molecular weight is 307 g/mol. The van der Waals surface area contributed by atoms with Crippen LogP contribution < -0.4 is 0 Å². The molecule has 0 aliphatic heterocycles. The number of aromatic nitrogens is 2. The number of hydrogen-bond donors (Lipinski definition) is 1. The van der Waals surface area contributed by atoms with Gasteiger partial charge < -0.3 is 5.11 Å². The monoisotopic (exact) mass is 306 g/mol. The summed E-state index contributed by atoms with van der Waals surface area (Å²) in [6, 6.07) is 1.67. The van der Waals surface area contributed by atoms with Crippen molar-refractivity contribution in [3.8, 4) is 0 Å². The van der Waals surface area contributed by atoms with Crippen LogP contribution in [0.15, 0.2) is 18.3 Å². The summed E-state index contributed by atoms with van der Waals surface area (Å²) in [7, 11) is 0. The van der Waals surface area contributed by atoms with Crippen molar-refractivity contribution in [2.45, 2.75) is 19.6 Å². The predicted octanol–water partition coefficient (Wildman–Crippen LogP) is 3.57. The summed E-state index contributed by atoms with van der Waals surface area (Å²) in [6.45, 7) is 2.23. The average Bonchev–Trinajstić information content (AvgIpc) is 2.74. The van der Waals surface area contributed by atoms with Crippen molar-refractivity contribution in [1.82, 2.24) is 9.78 Å². The van der Waals surface area contributed by atoms with Gasteiger partial charge in [0, 0.05) is 12.1 Å². The van der Waals surface area contributed by atoms with Crippen molar-refractivity contribution in [3.63, 3.8) is 0 Å². The fourth-order valence-corrected chi connectivity index (χ4v) is 2.19. The Morgan fingerprint density at radius 1 is 1.26 bits per heavy atom. The van der Waals surface area contributed by atoms with Gasteiger partial charge in [0.15, 0.2) is 0 Å². The van der Waals surface area contributed by atoms with E-state index in [-0.39, 0.29) is 21.3 Å². The Labute approximate surface area is 118 Å². The fourth-order valence-electron chi connectivity index (χ4n) is 1.79. The Morgan fingerprint density at radius 2 is 1.95 bits per heavy atom. The minimum atomic E-state index is -1.42.